The van der Waals surface area contributed by atoms with Gasteiger partial charge in [0.2, 0.25) is 0 Å². The molecule has 2 nitrogen and oxygen atoms in total. The third kappa shape index (κ3) is 3.39. The number of anilines is 1. The van der Waals surface area contributed by atoms with Gasteiger partial charge in [-0.15, -0.1) is 0 Å². The second-order valence-corrected chi connectivity index (χ2v) is 7.82. The van der Waals surface area contributed by atoms with E-state index in [1.165, 1.54) is 60.9 Å². The third-order valence-corrected chi connectivity index (χ3v) is 6.06. The molecule has 1 aromatic carbocycles. The number of benzene rings is 1. The van der Waals surface area contributed by atoms with Gasteiger partial charge in [0.1, 0.15) is 0 Å². The number of allylic oxidation sites excluding steroid dienone is 1. The van der Waals surface area contributed by atoms with Crippen molar-refractivity contribution in [2.24, 2.45) is 11.8 Å². The van der Waals surface area contributed by atoms with Crippen molar-refractivity contribution < 1.29 is 4.74 Å². The minimum Gasteiger partial charge on any atom is -0.384 e. The van der Waals surface area contributed by atoms with E-state index in [1.54, 1.807) is 0 Å². The van der Waals surface area contributed by atoms with E-state index >= 15 is 0 Å². The zero-order valence-corrected chi connectivity index (χ0v) is 15.6. The van der Waals surface area contributed by atoms with Gasteiger partial charge in [0.05, 0.1) is 6.61 Å². The van der Waals surface area contributed by atoms with Crippen LogP contribution in [0.25, 0.3) is 0 Å². The lowest BCUT2D eigenvalue weighted by Crippen LogP contribution is -2.40. The lowest BCUT2D eigenvalue weighted by Gasteiger charge is -2.40. The average Bonchev–Trinajstić information content (AvgIpc) is 2.94. The number of unbranched alkanes of at least 4 members (excludes halogenated alkanes) is 2. The van der Waals surface area contributed by atoms with E-state index in [2.05, 4.69) is 43.9 Å². The molecular formula is C22H33NO. The lowest BCUT2D eigenvalue weighted by atomic mass is 9.67. The number of rotatable bonds is 7. The second-order valence-electron chi connectivity index (χ2n) is 7.82. The highest BCUT2D eigenvalue weighted by Gasteiger charge is 2.45. The van der Waals surface area contributed by atoms with Gasteiger partial charge in [-0.1, -0.05) is 44.1 Å². The number of aryl methyl sites for hydroxylation is 1. The van der Waals surface area contributed by atoms with E-state index in [0.29, 0.717) is 23.8 Å². The summed E-state index contributed by atoms with van der Waals surface area (Å²) >= 11 is 0. The van der Waals surface area contributed by atoms with Crippen LogP contribution in [-0.2, 0) is 11.2 Å². The Morgan fingerprint density at radius 3 is 2.83 bits per heavy atom. The van der Waals surface area contributed by atoms with Crippen molar-refractivity contribution in [2.45, 2.75) is 64.3 Å². The molecule has 4 atom stereocenters. The predicted molar refractivity (Wildman–Crippen MR) is 103 cm³/mol. The Kier molecular flexibility index (Phi) is 5.65. The van der Waals surface area contributed by atoms with E-state index in [-0.39, 0.29) is 0 Å². The maximum Gasteiger partial charge on any atom is 0.0510 e. The van der Waals surface area contributed by atoms with Crippen LogP contribution >= 0.6 is 0 Å². The SMILES string of the molecule is C=C(C)C1CCC(COC)C2Nc3cc(CCCCC)ccc3C12. The van der Waals surface area contributed by atoms with E-state index in [0.717, 1.165) is 6.61 Å². The van der Waals surface area contributed by atoms with Crippen molar-refractivity contribution in [3.63, 3.8) is 0 Å². The summed E-state index contributed by atoms with van der Waals surface area (Å²) in [5.74, 6) is 1.77. The van der Waals surface area contributed by atoms with Gasteiger partial charge in [0.25, 0.3) is 0 Å². The fourth-order valence-electron chi connectivity index (χ4n) is 4.80. The van der Waals surface area contributed by atoms with Crippen LogP contribution in [0.2, 0.25) is 0 Å². The molecule has 2 heteroatoms. The van der Waals surface area contributed by atoms with Gasteiger partial charge in [-0.3, -0.25) is 0 Å². The van der Waals surface area contributed by atoms with Gasteiger partial charge < -0.3 is 10.1 Å². The molecule has 1 N–H and O–H groups in total. The van der Waals surface area contributed by atoms with Crippen LogP contribution in [0.4, 0.5) is 5.69 Å². The molecule has 132 valence electrons. The van der Waals surface area contributed by atoms with Crippen LogP contribution in [0.1, 0.15) is 63.0 Å². The quantitative estimate of drug-likeness (QED) is 0.524. The normalized spacial score (nSPS) is 28.1. The maximum atomic E-state index is 5.51. The van der Waals surface area contributed by atoms with Crippen LogP contribution in [0.15, 0.2) is 30.4 Å². The molecule has 3 rings (SSSR count). The van der Waals surface area contributed by atoms with Gasteiger partial charge in [-0.2, -0.15) is 0 Å². The van der Waals surface area contributed by atoms with Crippen molar-refractivity contribution in [2.75, 3.05) is 19.0 Å². The number of fused-ring (bicyclic) bond motifs is 3. The van der Waals surface area contributed by atoms with Crippen LogP contribution in [0, 0.1) is 11.8 Å². The maximum absolute atomic E-state index is 5.51. The minimum absolute atomic E-state index is 0.501. The number of nitrogens with one attached hydrogen (secondary N) is 1. The Bertz CT molecular complexity index is 579. The largest absolute Gasteiger partial charge is 0.384 e. The Labute approximate surface area is 147 Å². The first-order valence-electron chi connectivity index (χ1n) is 9.69. The Hall–Kier alpha value is -1.28. The van der Waals surface area contributed by atoms with Crippen molar-refractivity contribution >= 4 is 5.69 Å². The monoisotopic (exact) mass is 327 g/mol. The van der Waals surface area contributed by atoms with Gasteiger partial charge >= 0.3 is 0 Å². The molecule has 1 aliphatic carbocycles. The van der Waals surface area contributed by atoms with E-state index in [9.17, 15) is 0 Å². The van der Waals surface area contributed by atoms with E-state index in [1.807, 2.05) is 7.11 Å². The fourth-order valence-corrected chi connectivity index (χ4v) is 4.80. The molecule has 24 heavy (non-hydrogen) atoms. The van der Waals surface area contributed by atoms with Crippen LogP contribution in [0.3, 0.4) is 0 Å². The molecule has 0 spiro atoms. The molecule has 2 aliphatic rings. The number of hydrogen-bond donors (Lipinski definition) is 1. The Balaban J connectivity index is 1.84. The first kappa shape index (κ1) is 17.5. The first-order chi connectivity index (χ1) is 11.7. The number of methoxy groups -OCH3 is 1. The van der Waals surface area contributed by atoms with Crippen LogP contribution in [0.5, 0.6) is 0 Å². The zero-order valence-electron chi connectivity index (χ0n) is 15.6. The summed E-state index contributed by atoms with van der Waals surface area (Å²) in [6, 6.07) is 7.65. The predicted octanol–water partition coefficient (Wildman–Crippen LogP) is 5.55. The summed E-state index contributed by atoms with van der Waals surface area (Å²) in [5.41, 5.74) is 5.69. The van der Waals surface area contributed by atoms with Crippen molar-refractivity contribution in [1.82, 2.24) is 0 Å². The second kappa shape index (κ2) is 7.74. The van der Waals surface area contributed by atoms with Crippen LogP contribution < -0.4 is 5.32 Å². The summed E-state index contributed by atoms with van der Waals surface area (Å²) in [6.45, 7) is 9.62. The average molecular weight is 328 g/mol. The molecule has 1 fully saturated rings. The first-order valence-corrected chi connectivity index (χ1v) is 9.69. The van der Waals surface area contributed by atoms with Gasteiger partial charge in [-0.25, -0.2) is 0 Å². The topological polar surface area (TPSA) is 21.3 Å². The molecule has 0 saturated heterocycles. The summed E-state index contributed by atoms with van der Waals surface area (Å²) in [6.07, 6.45) is 7.57. The highest BCUT2D eigenvalue weighted by Crippen LogP contribution is 2.51. The summed E-state index contributed by atoms with van der Waals surface area (Å²) in [4.78, 5) is 0. The molecule has 0 radical (unpaired) electrons. The molecule has 4 unspecified atom stereocenters. The summed E-state index contributed by atoms with van der Waals surface area (Å²) < 4.78 is 5.51. The fraction of sp³-hybridized carbons (Fsp3) is 0.636. The van der Waals surface area contributed by atoms with Gasteiger partial charge in [0, 0.05) is 30.7 Å². The van der Waals surface area contributed by atoms with Crippen molar-refractivity contribution in [1.29, 1.82) is 0 Å². The highest BCUT2D eigenvalue weighted by atomic mass is 16.5. The molecule has 1 aliphatic heterocycles. The minimum atomic E-state index is 0.501. The summed E-state index contributed by atoms with van der Waals surface area (Å²) in [5, 5.41) is 3.87. The Morgan fingerprint density at radius 1 is 1.29 bits per heavy atom. The summed E-state index contributed by atoms with van der Waals surface area (Å²) in [7, 11) is 1.83. The third-order valence-electron chi connectivity index (χ3n) is 6.06. The molecule has 0 aromatic heterocycles. The molecule has 1 saturated carbocycles. The molecule has 1 aromatic rings. The molecular weight excluding hydrogens is 294 g/mol. The molecule has 0 bridgehead atoms. The van der Waals surface area contributed by atoms with Crippen molar-refractivity contribution in [3.8, 4) is 0 Å². The smallest absolute Gasteiger partial charge is 0.0510 e. The highest BCUT2D eigenvalue weighted by molar-refractivity contribution is 5.62. The molecule has 1 heterocycles. The van der Waals surface area contributed by atoms with E-state index < -0.39 is 0 Å². The van der Waals surface area contributed by atoms with Crippen LogP contribution in [-0.4, -0.2) is 19.8 Å². The van der Waals surface area contributed by atoms with Gasteiger partial charge in [-0.05, 0) is 55.7 Å². The van der Waals surface area contributed by atoms with Gasteiger partial charge in [0.15, 0.2) is 0 Å². The standard InChI is InChI=1S/C22H33NO/c1-5-6-7-8-16-9-11-19-20(13-16)23-22-17(14-24-4)10-12-18(15(2)3)21(19)22/h9,11,13,17-18,21-23H,2,5-8,10,12,14H2,1,3-4H3. The number of ether oxygens (including phenoxy) is 1. The van der Waals surface area contributed by atoms with Crippen molar-refractivity contribution in [3.05, 3.63) is 41.5 Å². The van der Waals surface area contributed by atoms with E-state index in [4.69, 9.17) is 4.74 Å². The molecule has 0 amide bonds. The lowest BCUT2D eigenvalue weighted by molar-refractivity contribution is 0.108. The zero-order chi connectivity index (χ0) is 17.1. The Morgan fingerprint density at radius 2 is 2.12 bits per heavy atom. The number of hydrogen-bond acceptors (Lipinski definition) is 2.